The van der Waals surface area contributed by atoms with E-state index in [-0.39, 0.29) is 11.8 Å². The Hall–Kier alpha value is -1.42. The summed E-state index contributed by atoms with van der Waals surface area (Å²) in [5.41, 5.74) is -0.385. The minimum absolute atomic E-state index is 0.356. The third-order valence-electron chi connectivity index (χ3n) is 3.19. The predicted molar refractivity (Wildman–Crippen MR) is 73.2 cm³/mol. The molecule has 19 heavy (non-hydrogen) atoms. The third kappa shape index (κ3) is 3.53. The van der Waals surface area contributed by atoms with Gasteiger partial charge in [0.2, 0.25) is 0 Å². The largest absolute Gasteiger partial charge is 0.467 e. The molecule has 1 aromatic rings. The number of nitrogens with one attached hydrogen (secondary N) is 1. The zero-order chi connectivity index (χ0) is 14.5. The minimum atomic E-state index is -0.985. The monoisotopic (exact) mass is 267 g/mol. The molecule has 1 N–H and O–H groups in total. The van der Waals surface area contributed by atoms with Crippen LogP contribution in [0.5, 0.6) is 0 Å². The van der Waals surface area contributed by atoms with Crippen LogP contribution in [0.1, 0.15) is 32.8 Å². The van der Waals surface area contributed by atoms with Gasteiger partial charge < -0.3 is 4.74 Å². The number of carbonyl (C=O) groups is 1. The fourth-order valence-electron chi connectivity index (χ4n) is 2.07. The van der Waals surface area contributed by atoms with Crippen LogP contribution in [0.25, 0.3) is 0 Å². The second-order valence-corrected chi connectivity index (χ2v) is 5.04. The van der Waals surface area contributed by atoms with Gasteiger partial charge in [-0.25, -0.2) is 9.18 Å². The van der Waals surface area contributed by atoms with E-state index >= 15 is 0 Å². The molecular weight excluding hydrogens is 245 g/mol. The zero-order valence-corrected chi connectivity index (χ0v) is 12.0. The summed E-state index contributed by atoms with van der Waals surface area (Å²) in [6, 6.07) is 6.10. The molecule has 0 aliphatic rings. The molecule has 106 valence electrons. The molecule has 0 fully saturated rings. The van der Waals surface area contributed by atoms with Crippen LogP contribution in [0.4, 0.5) is 4.39 Å². The number of halogens is 1. The van der Waals surface area contributed by atoms with E-state index < -0.39 is 5.54 Å². The summed E-state index contributed by atoms with van der Waals surface area (Å²) in [5, 5.41) is 3.24. The summed E-state index contributed by atoms with van der Waals surface area (Å²) < 4.78 is 18.3. The van der Waals surface area contributed by atoms with E-state index in [1.807, 2.05) is 6.92 Å². The number of esters is 1. The summed E-state index contributed by atoms with van der Waals surface area (Å²) in [6.07, 6.45) is 0.496. The molecule has 0 saturated heterocycles. The molecule has 0 saturated carbocycles. The van der Waals surface area contributed by atoms with Crippen molar-refractivity contribution >= 4 is 5.97 Å². The Kier molecular flexibility index (Phi) is 5.48. The van der Waals surface area contributed by atoms with Crippen molar-refractivity contribution in [2.45, 2.75) is 32.7 Å². The van der Waals surface area contributed by atoms with Crippen LogP contribution in [-0.4, -0.2) is 19.6 Å². The maximum Gasteiger partial charge on any atom is 0.330 e. The molecule has 0 radical (unpaired) electrons. The standard InChI is InChI=1S/C15H22FNO2/c1-5-15(14(18)19-4,17-10-11(2)3)12-7-6-8-13(16)9-12/h6-9,11,17H,5,10H2,1-4H3. The van der Waals surface area contributed by atoms with Crippen LogP contribution in [0.15, 0.2) is 24.3 Å². The number of methoxy groups -OCH3 is 1. The van der Waals surface area contributed by atoms with Crippen molar-refractivity contribution in [3.8, 4) is 0 Å². The highest BCUT2D eigenvalue weighted by atomic mass is 19.1. The topological polar surface area (TPSA) is 38.3 Å². The van der Waals surface area contributed by atoms with E-state index in [1.165, 1.54) is 19.2 Å². The number of rotatable bonds is 6. The molecule has 0 spiro atoms. The van der Waals surface area contributed by atoms with Crippen molar-refractivity contribution in [1.82, 2.24) is 5.32 Å². The Morgan fingerprint density at radius 1 is 1.47 bits per heavy atom. The lowest BCUT2D eigenvalue weighted by atomic mass is 9.86. The minimum Gasteiger partial charge on any atom is -0.467 e. The Balaban J connectivity index is 3.19. The lowest BCUT2D eigenvalue weighted by molar-refractivity contribution is -0.149. The van der Waals surface area contributed by atoms with Crippen molar-refractivity contribution in [2.75, 3.05) is 13.7 Å². The summed E-state index contributed by atoms with van der Waals surface area (Å²) in [7, 11) is 1.35. The number of hydrogen-bond donors (Lipinski definition) is 1. The van der Waals surface area contributed by atoms with Gasteiger partial charge in [-0.2, -0.15) is 0 Å². The van der Waals surface area contributed by atoms with Crippen molar-refractivity contribution in [2.24, 2.45) is 5.92 Å². The van der Waals surface area contributed by atoms with Crippen molar-refractivity contribution < 1.29 is 13.9 Å². The molecular formula is C15H22FNO2. The van der Waals surface area contributed by atoms with Crippen LogP contribution < -0.4 is 5.32 Å². The molecule has 1 unspecified atom stereocenters. The highest BCUT2D eigenvalue weighted by Crippen LogP contribution is 2.27. The van der Waals surface area contributed by atoms with Gasteiger partial charge in [0, 0.05) is 0 Å². The quantitative estimate of drug-likeness (QED) is 0.805. The molecule has 0 aromatic heterocycles. The van der Waals surface area contributed by atoms with Crippen molar-refractivity contribution in [3.63, 3.8) is 0 Å². The summed E-state index contributed by atoms with van der Waals surface area (Å²) in [6.45, 7) is 6.64. The first kappa shape index (κ1) is 15.6. The first-order valence-electron chi connectivity index (χ1n) is 6.55. The summed E-state index contributed by atoms with van der Waals surface area (Å²) in [5.74, 6) is -0.365. The molecule has 1 rings (SSSR count). The Labute approximate surface area is 114 Å². The molecule has 4 heteroatoms. The van der Waals surface area contributed by atoms with Crippen molar-refractivity contribution in [3.05, 3.63) is 35.6 Å². The molecule has 0 aliphatic heterocycles. The molecule has 3 nitrogen and oxygen atoms in total. The van der Waals surface area contributed by atoms with Crippen LogP contribution in [-0.2, 0) is 15.1 Å². The lowest BCUT2D eigenvalue weighted by Gasteiger charge is -2.32. The second-order valence-electron chi connectivity index (χ2n) is 5.04. The molecule has 0 bridgehead atoms. The maximum absolute atomic E-state index is 13.4. The van der Waals surface area contributed by atoms with E-state index in [0.29, 0.717) is 24.4 Å². The molecule has 0 amide bonds. The number of carbonyl (C=O) groups excluding carboxylic acids is 1. The van der Waals surface area contributed by atoms with E-state index in [4.69, 9.17) is 4.74 Å². The maximum atomic E-state index is 13.4. The van der Waals surface area contributed by atoms with E-state index in [9.17, 15) is 9.18 Å². The highest BCUT2D eigenvalue weighted by Gasteiger charge is 2.39. The summed E-state index contributed by atoms with van der Waals surface area (Å²) in [4.78, 5) is 12.2. The Morgan fingerprint density at radius 2 is 2.16 bits per heavy atom. The summed E-state index contributed by atoms with van der Waals surface area (Å²) >= 11 is 0. The van der Waals surface area contributed by atoms with Gasteiger partial charge >= 0.3 is 5.97 Å². The van der Waals surface area contributed by atoms with E-state index in [0.717, 1.165) is 0 Å². The van der Waals surface area contributed by atoms with Gasteiger partial charge in [0.05, 0.1) is 7.11 Å². The van der Waals surface area contributed by atoms with Gasteiger partial charge in [0.15, 0.2) is 0 Å². The average Bonchev–Trinajstić information content (AvgIpc) is 2.39. The third-order valence-corrected chi connectivity index (χ3v) is 3.19. The predicted octanol–water partition coefficient (Wildman–Crippen LogP) is 2.85. The van der Waals surface area contributed by atoms with Gasteiger partial charge in [-0.15, -0.1) is 0 Å². The van der Waals surface area contributed by atoms with Gasteiger partial charge in [0.1, 0.15) is 11.4 Å². The number of benzene rings is 1. The molecule has 0 heterocycles. The number of hydrogen-bond acceptors (Lipinski definition) is 3. The van der Waals surface area contributed by atoms with Gasteiger partial charge in [-0.3, -0.25) is 5.32 Å². The molecule has 0 aliphatic carbocycles. The van der Waals surface area contributed by atoms with Gasteiger partial charge in [-0.1, -0.05) is 32.9 Å². The fourth-order valence-corrected chi connectivity index (χ4v) is 2.07. The van der Waals surface area contributed by atoms with E-state index in [1.54, 1.807) is 12.1 Å². The number of ether oxygens (including phenoxy) is 1. The SMILES string of the molecule is CCC(NCC(C)C)(C(=O)OC)c1cccc(F)c1. The Bertz CT molecular complexity index is 434. The Morgan fingerprint density at radius 3 is 2.63 bits per heavy atom. The first-order chi connectivity index (χ1) is 8.96. The van der Waals surface area contributed by atoms with Crippen LogP contribution >= 0.6 is 0 Å². The first-order valence-corrected chi connectivity index (χ1v) is 6.55. The molecule has 1 aromatic carbocycles. The smallest absolute Gasteiger partial charge is 0.330 e. The lowest BCUT2D eigenvalue weighted by Crippen LogP contribution is -2.50. The zero-order valence-electron chi connectivity index (χ0n) is 12.0. The molecule has 1 atom stereocenters. The van der Waals surface area contributed by atoms with Gasteiger partial charge in [0.25, 0.3) is 0 Å². The van der Waals surface area contributed by atoms with Crippen LogP contribution in [0.2, 0.25) is 0 Å². The van der Waals surface area contributed by atoms with E-state index in [2.05, 4.69) is 19.2 Å². The van der Waals surface area contributed by atoms with Crippen LogP contribution in [0.3, 0.4) is 0 Å². The second kappa shape index (κ2) is 6.66. The highest BCUT2D eigenvalue weighted by molar-refractivity contribution is 5.82. The van der Waals surface area contributed by atoms with Crippen molar-refractivity contribution in [1.29, 1.82) is 0 Å². The van der Waals surface area contributed by atoms with Crippen LogP contribution in [0, 0.1) is 11.7 Å². The van der Waals surface area contributed by atoms with Gasteiger partial charge in [-0.05, 0) is 36.6 Å². The fraction of sp³-hybridized carbons (Fsp3) is 0.533. The normalized spacial score (nSPS) is 14.2. The average molecular weight is 267 g/mol.